The van der Waals surface area contributed by atoms with Crippen LogP contribution < -0.4 is 5.32 Å². The Kier molecular flexibility index (Phi) is 5.82. The van der Waals surface area contributed by atoms with Crippen molar-refractivity contribution < 1.29 is 9.90 Å². The maximum absolute atomic E-state index is 11.3. The lowest BCUT2D eigenvalue weighted by Crippen LogP contribution is -2.22. The number of amides is 1. The number of carbonyl (C=O) groups is 1. The summed E-state index contributed by atoms with van der Waals surface area (Å²) in [5.74, 6) is -0.0843. The highest BCUT2D eigenvalue weighted by molar-refractivity contribution is 7.10. The number of carbonyl (C=O) groups excluding carboxylic acids is 1. The first-order chi connectivity index (χ1) is 7.68. The zero-order valence-electron chi connectivity index (χ0n) is 9.35. The van der Waals surface area contributed by atoms with Gasteiger partial charge in [-0.15, -0.1) is 11.3 Å². The first kappa shape index (κ1) is 12.9. The predicted octanol–water partition coefficient (Wildman–Crippen LogP) is 2.04. The van der Waals surface area contributed by atoms with Crippen LogP contribution in [0.1, 0.15) is 24.6 Å². The van der Waals surface area contributed by atoms with Crippen molar-refractivity contribution in [2.45, 2.75) is 25.9 Å². The molecule has 0 aliphatic heterocycles. The van der Waals surface area contributed by atoms with E-state index in [9.17, 15) is 4.79 Å². The predicted molar refractivity (Wildman–Crippen MR) is 67.3 cm³/mol. The summed E-state index contributed by atoms with van der Waals surface area (Å²) in [5, 5.41) is 13.8. The van der Waals surface area contributed by atoms with E-state index in [1.54, 1.807) is 24.3 Å². The Morgan fingerprint density at radius 1 is 1.69 bits per heavy atom. The smallest absolute Gasteiger partial charge is 0.244 e. The second kappa shape index (κ2) is 7.19. The van der Waals surface area contributed by atoms with Crippen molar-refractivity contribution in [1.29, 1.82) is 0 Å². The minimum Gasteiger partial charge on any atom is -0.393 e. The molecule has 1 atom stereocenters. The van der Waals surface area contributed by atoms with Crippen LogP contribution in [0.4, 0.5) is 0 Å². The lowest BCUT2D eigenvalue weighted by atomic mass is 10.2. The maximum atomic E-state index is 11.3. The zero-order chi connectivity index (χ0) is 11.8. The van der Waals surface area contributed by atoms with Crippen LogP contribution in [0.2, 0.25) is 0 Å². The van der Waals surface area contributed by atoms with E-state index in [4.69, 9.17) is 5.11 Å². The minimum atomic E-state index is -0.293. The van der Waals surface area contributed by atoms with E-state index in [0.717, 1.165) is 17.7 Å². The van der Waals surface area contributed by atoms with Gasteiger partial charge in [-0.25, -0.2) is 0 Å². The number of hydrogen-bond acceptors (Lipinski definition) is 3. The summed E-state index contributed by atoms with van der Waals surface area (Å²) < 4.78 is 0. The van der Waals surface area contributed by atoms with Crippen LogP contribution >= 0.6 is 11.3 Å². The molecule has 1 rings (SSSR count). The normalized spacial score (nSPS) is 12.9. The molecule has 88 valence electrons. The van der Waals surface area contributed by atoms with E-state index >= 15 is 0 Å². The highest BCUT2D eigenvalue weighted by atomic mass is 32.1. The van der Waals surface area contributed by atoms with E-state index in [0.29, 0.717) is 6.54 Å². The molecule has 1 unspecified atom stereocenters. The third kappa shape index (κ3) is 5.68. The molecule has 3 nitrogen and oxygen atoms in total. The monoisotopic (exact) mass is 239 g/mol. The standard InChI is InChI=1S/C12H17NO2S/c1-10(14)4-2-8-13-12(15)7-6-11-5-3-9-16-11/h3,5-7,9-10,14H,2,4,8H2,1H3,(H,13,15)/b7-6+. The maximum Gasteiger partial charge on any atom is 0.244 e. The van der Waals surface area contributed by atoms with Gasteiger partial charge in [0.2, 0.25) is 5.91 Å². The van der Waals surface area contributed by atoms with Gasteiger partial charge in [0.15, 0.2) is 0 Å². The molecule has 2 N–H and O–H groups in total. The summed E-state index contributed by atoms with van der Waals surface area (Å²) in [5.41, 5.74) is 0. The Balaban J connectivity index is 2.16. The summed E-state index contributed by atoms with van der Waals surface area (Å²) in [6.07, 6.45) is 4.56. The van der Waals surface area contributed by atoms with Gasteiger partial charge in [-0.1, -0.05) is 6.07 Å². The summed E-state index contributed by atoms with van der Waals surface area (Å²) in [7, 11) is 0. The quantitative estimate of drug-likeness (QED) is 0.589. The van der Waals surface area contributed by atoms with Gasteiger partial charge >= 0.3 is 0 Å². The van der Waals surface area contributed by atoms with Crippen LogP contribution in [-0.4, -0.2) is 23.7 Å². The van der Waals surface area contributed by atoms with E-state index < -0.39 is 0 Å². The van der Waals surface area contributed by atoms with Crippen molar-refractivity contribution >= 4 is 23.3 Å². The number of rotatable bonds is 6. The summed E-state index contributed by atoms with van der Waals surface area (Å²) in [6.45, 7) is 2.36. The molecule has 0 bridgehead atoms. The molecule has 1 aromatic heterocycles. The molecule has 0 spiro atoms. The lowest BCUT2D eigenvalue weighted by Gasteiger charge is -2.03. The topological polar surface area (TPSA) is 49.3 Å². The van der Waals surface area contributed by atoms with E-state index in [1.165, 1.54) is 6.08 Å². The second-order valence-corrected chi connectivity index (χ2v) is 4.61. The van der Waals surface area contributed by atoms with Crippen molar-refractivity contribution in [3.8, 4) is 0 Å². The van der Waals surface area contributed by atoms with Crippen LogP contribution in [0.15, 0.2) is 23.6 Å². The molecule has 16 heavy (non-hydrogen) atoms. The van der Waals surface area contributed by atoms with Gasteiger partial charge < -0.3 is 10.4 Å². The average molecular weight is 239 g/mol. The molecule has 0 radical (unpaired) electrons. The van der Waals surface area contributed by atoms with Crippen LogP contribution in [0, 0.1) is 0 Å². The highest BCUT2D eigenvalue weighted by Crippen LogP contribution is 2.09. The second-order valence-electron chi connectivity index (χ2n) is 3.63. The Labute approximate surface area is 99.8 Å². The molecule has 1 heterocycles. The molecular formula is C12H17NO2S. The Morgan fingerprint density at radius 3 is 3.12 bits per heavy atom. The van der Waals surface area contributed by atoms with Gasteiger partial charge in [-0.05, 0) is 37.3 Å². The van der Waals surface area contributed by atoms with Crippen LogP contribution in [0.5, 0.6) is 0 Å². The lowest BCUT2D eigenvalue weighted by molar-refractivity contribution is -0.116. The van der Waals surface area contributed by atoms with Crippen molar-refractivity contribution in [2.75, 3.05) is 6.54 Å². The Morgan fingerprint density at radius 2 is 2.50 bits per heavy atom. The van der Waals surface area contributed by atoms with Gasteiger partial charge in [0.1, 0.15) is 0 Å². The molecular weight excluding hydrogens is 222 g/mol. The third-order valence-corrected chi connectivity index (χ3v) is 2.88. The number of thiophene rings is 1. The fraction of sp³-hybridized carbons (Fsp3) is 0.417. The molecule has 0 aliphatic rings. The van der Waals surface area contributed by atoms with Gasteiger partial charge in [0, 0.05) is 17.5 Å². The molecule has 1 aromatic rings. The Hall–Kier alpha value is -1.13. The fourth-order valence-corrected chi connectivity index (χ4v) is 1.83. The fourth-order valence-electron chi connectivity index (χ4n) is 1.21. The number of aliphatic hydroxyl groups excluding tert-OH is 1. The van der Waals surface area contributed by atoms with E-state index in [2.05, 4.69) is 5.32 Å². The Bertz CT molecular complexity index is 331. The van der Waals surface area contributed by atoms with Gasteiger partial charge in [-0.2, -0.15) is 0 Å². The van der Waals surface area contributed by atoms with Crippen LogP contribution in [0.25, 0.3) is 6.08 Å². The minimum absolute atomic E-state index is 0.0843. The largest absolute Gasteiger partial charge is 0.393 e. The summed E-state index contributed by atoms with van der Waals surface area (Å²) in [4.78, 5) is 12.4. The number of hydrogen-bond donors (Lipinski definition) is 2. The van der Waals surface area contributed by atoms with Gasteiger partial charge in [-0.3, -0.25) is 4.79 Å². The SMILES string of the molecule is CC(O)CCCNC(=O)/C=C/c1cccs1. The van der Waals surface area contributed by atoms with Crippen molar-refractivity contribution in [3.05, 3.63) is 28.5 Å². The molecule has 0 aliphatic carbocycles. The van der Waals surface area contributed by atoms with Crippen molar-refractivity contribution in [2.24, 2.45) is 0 Å². The van der Waals surface area contributed by atoms with E-state index in [-0.39, 0.29) is 12.0 Å². The summed E-state index contributed by atoms with van der Waals surface area (Å²) in [6, 6.07) is 3.91. The number of nitrogens with one attached hydrogen (secondary N) is 1. The van der Waals surface area contributed by atoms with E-state index in [1.807, 2.05) is 17.5 Å². The molecule has 0 saturated heterocycles. The molecule has 0 aromatic carbocycles. The van der Waals surface area contributed by atoms with Crippen LogP contribution in [-0.2, 0) is 4.79 Å². The first-order valence-electron chi connectivity index (χ1n) is 5.36. The van der Waals surface area contributed by atoms with Crippen molar-refractivity contribution in [3.63, 3.8) is 0 Å². The zero-order valence-corrected chi connectivity index (χ0v) is 10.2. The van der Waals surface area contributed by atoms with Crippen LogP contribution in [0.3, 0.4) is 0 Å². The summed E-state index contributed by atoms with van der Waals surface area (Å²) >= 11 is 1.60. The first-order valence-corrected chi connectivity index (χ1v) is 6.24. The highest BCUT2D eigenvalue weighted by Gasteiger charge is 1.97. The number of aliphatic hydroxyl groups is 1. The molecule has 1 amide bonds. The molecule has 4 heteroatoms. The van der Waals surface area contributed by atoms with Gasteiger partial charge in [0.05, 0.1) is 6.10 Å². The molecule has 0 fully saturated rings. The molecule has 0 saturated carbocycles. The van der Waals surface area contributed by atoms with Crippen molar-refractivity contribution in [1.82, 2.24) is 5.32 Å². The average Bonchev–Trinajstić information content (AvgIpc) is 2.74. The third-order valence-electron chi connectivity index (χ3n) is 2.04. The van der Waals surface area contributed by atoms with Gasteiger partial charge in [0.25, 0.3) is 0 Å².